The second-order valence-electron chi connectivity index (χ2n) is 5.75. The fraction of sp³-hybridized carbons (Fsp3) is 0.929. The second kappa shape index (κ2) is 6.53. The molecule has 1 saturated heterocycles. The molecular formula is C14H28N2O2. The van der Waals surface area contributed by atoms with Crippen molar-refractivity contribution in [2.45, 2.75) is 71.0 Å². The van der Waals surface area contributed by atoms with Crippen molar-refractivity contribution in [3.05, 3.63) is 0 Å². The lowest BCUT2D eigenvalue weighted by molar-refractivity contribution is -0.149. The number of carbonyl (C=O) groups is 1. The van der Waals surface area contributed by atoms with Crippen molar-refractivity contribution < 1.29 is 9.53 Å². The Morgan fingerprint density at radius 3 is 2.44 bits per heavy atom. The first-order valence-corrected chi connectivity index (χ1v) is 7.10. The molecule has 1 aliphatic heterocycles. The number of ether oxygens (including phenoxy) is 1. The number of piperidine rings is 1. The first-order valence-electron chi connectivity index (χ1n) is 7.10. The van der Waals surface area contributed by atoms with Crippen molar-refractivity contribution in [1.82, 2.24) is 4.90 Å². The molecular weight excluding hydrogens is 228 g/mol. The summed E-state index contributed by atoms with van der Waals surface area (Å²) in [6, 6.07) is 1.18. The minimum absolute atomic E-state index is 0.290. The van der Waals surface area contributed by atoms with Crippen LogP contribution in [0, 0.1) is 0 Å². The summed E-state index contributed by atoms with van der Waals surface area (Å²) >= 11 is 0. The molecule has 1 heterocycles. The van der Waals surface area contributed by atoms with Gasteiger partial charge >= 0.3 is 5.97 Å². The van der Waals surface area contributed by atoms with E-state index in [9.17, 15) is 4.79 Å². The lowest BCUT2D eigenvalue weighted by Gasteiger charge is -2.40. The fourth-order valence-electron chi connectivity index (χ4n) is 2.67. The Hall–Kier alpha value is -0.610. The summed E-state index contributed by atoms with van der Waals surface area (Å²) in [4.78, 5) is 14.2. The van der Waals surface area contributed by atoms with E-state index in [2.05, 4.69) is 18.7 Å². The largest absolute Gasteiger partial charge is 0.465 e. The first-order chi connectivity index (χ1) is 8.38. The van der Waals surface area contributed by atoms with Gasteiger partial charge in [0.25, 0.3) is 0 Å². The third-order valence-electron chi connectivity index (χ3n) is 4.01. The number of nitrogens with zero attached hydrogens (tertiary/aromatic N) is 1. The van der Waals surface area contributed by atoms with Crippen molar-refractivity contribution in [1.29, 1.82) is 0 Å². The predicted octanol–water partition coefficient (Wildman–Crippen LogP) is 1.92. The third-order valence-corrected chi connectivity index (χ3v) is 4.01. The average molecular weight is 256 g/mol. The number of hydrogen-bond donors (Lipinski definition) is 1. The van der Waals surface area contributed by atoms with E-state index in [1.165, 1.54) is 19.3 Å². The van der Waals surface area contributed by atoms with Gasteiger partial charge in [0.15, 0.2) is 0 Å². The zero-order valence-corrected chi connectivity index (χ0v) is 12.2. The molecule has 1 fully saturated rings. The highest BCUT2D eigenvalue weighted by atomic mass is 16.5. The number of hydrogen-bond acceptors (Lipinski definition) is 4. The summed E-state index contributed by atoms with van der Waals surface area (Å²) < 4.78 is 5.02. The van der Waals surface area contributed by atoms with Crippen molar-refractivity contribution >= 4 is 5.97 Å². The smallest absolute Gasteiger partial charge is 0.325 e. The minimum atomic E-state index is -0.868. The lowest BCUT2D eigenvalue weighted by atomic mass is 9.94. The van der Waals surface area contributed by atoms with E-state index in [-0.39, 0.29) is 5.97 Å². The Kier molecular flexibility index (Phi) is 5.60. The van der Waals surface area contributed by atoms with Crippen LogP contribution in [0.15, 0.2) is 0 Å². The van der Waals surface area contributed by atoms with Gasteiger partial charge in [-0.05, 0) is 47.0 Å². The molecule has 0 radical (unpaired) electrons. The minimum Gasteiger partial charge on any atom is -0.465 e. The highest BCUT2D eigenvalue weighted by Crippen LogP contribution is 2.23. The van der Waals surface area contributed by atoms with Crippen molar-refractivity contribution in [2.24, 2.45) is 5.73 Å². The van der Waals surface area contributed by atoms with Gasteiger partial charge in [-0.25, -0.2) is 0 Å². The van der Waals surface area contributed by atoms with E-state index in [1.54, 1.807) is 6.92 Å². The van der Waals surface area contributed by atoms with Crippen molar-refractivity contribution in [3.8, 4) is 0 Å². The van der Waals surface area contributed by atoms with Gasteiger partial charge in [-0.1, -0.05) is 6.42 Å². The molecule has 0 aromatic carbocycles. The molecule has 0 aromatic heterocycles. The molecule has 0 saturated carbocycles. The summed E-state index contributed by atoms with van der Waals surface area (Å²) in [7, 11) is 0. The standard InChI is InChI=1S/C14H28N2O2/c1-5-18-13(17)14(4,15)9-10-16-11(2)7-6-8-12(16)3/h11-12H,5-10,15H2,1-4H3. The maximum atomic E-state index is 11.7. The quantitative estimate of drug-likeness (QED) is 0.764. The Morgan fingerprint density at radius 2 is 1.94 bits per heavy atom. The summed E-state index contributed by atoms with van der Waals surface area (Å²) in [6.07, 6.45) is 4.44. The summed E-state index contributed by atoms with van der Waals surface area (Å²) in [6.45, 7) is 9.35. The summed E-state index contributed by atoms with van der Waals surface area (Å²) in [5, 5.41) is 0. The van der Waals surface area contributed by atoms with E-state index in [4.69, 9.17) is 10.5 Å². The zero-order chi connectivity index (χ0) is 13.8. The number of carbonyl (C=O) groups excluding carboxylic acids is 1. The molecule has 0 amide bonds. The van der Waals surface area contributed by atoms with Crippen LogP contribution in [0.2, 0.25) is 0 Å². The zero-order valence-electron chi connectivity index (χ0n) is 12.2. The van der Waals surface area contributed by atoms with Gasteiger partial charge in [0.2, 0.25) is 0 Å². The van der Waals surface area contributed by atoms with Gasteiger partial charge in [-0.15, -0.1) is 0 Å². The van der Waals surface area contributed by atoms with E-state index >= 15 is 0 Å². The van der Waals surface area contributed by atoms with Crippen LogP contribution < -0.4 is 5.73 Å². The molecule has 1 rings (SSSR count). The van der Waals surface area contributed by atoms with Gasteiger partial charge < -0.3 is 10.5 Å². The van der Waals surface area contributed by atoms with E-state index in [1.807, 2.05) is 6.92 Å². The monoisotopic (exact) mass is 256 g/mol. The Labute approximate surface area is 111 Å². The average Bonchev–Trinajstić information content (AvgIpc) is 2.28. The highest BCUT2D eigenvalue weighted by molar-refractivity contribution is 5.79. The predicted molar refractivity (Wildman–Crippen MR) is 73.3 cm³/mol. The number of esters is 1. The Balaban J connectivity index is 2.49. The van der Waals surface area contributed by atoms with E-state index in [0.29, 0.717) is 25.1 Å². The lowest BCUT2D eigenvalue weighted by Crippen LogP contribution is -2.51. The topological polar surface area (TPSA) is 55.6 Å². The molecule has 3 atom stereocenters. The Morgan fingerprint density at radius 1 is 1.39 bits per heavy atom. The summed E-state index contributed by atoms with van der Waals surface area (Å²) in [5.41, 5.74) is 5.19. The molecule has 2 N–H and O–H groups in total. The van der Waals surface area contributed by atoms with E-state index in [0.717, 1.165) is 6.54 Å². The van der Waals surface area contributed by atoms with Gasteiger partial charge in [0, 0.05) is 18.6 Å². The number of nitrogens with two attached hydrogens (primary N) is 1. The SMILES string of the molecule is CCOC(=O)C(C)(N)CCN1C(C)CCCC1C. The maximum Gasteiger partial charge on any atom is 0.325 e. The first kappa shape index (κ1) is 15.4. The van der Waals surface area contributed by atoms with Gasteiger partial charge in [-0.3, -0.25) is 9.69 Å². The molecule has 0 aromatic rings. The third kappa shape index (κ3) is 3.95. The molecule has 0 aliphatic carbocycles. The van der Waals surface area contributed by atoms with Crippen LogP contribution in [0.5, 0.6) is 0 Å². The van der Waals surface area contributed by atoms with Crippen LogP contribution >= 0.6 is 0 Å². The van der Waals surface area contributed by atoms with Gasteiger partial charge in [0.1, 0.15) is 5.54 Å². The van der Waals surface area contributed by atoms with Gasteiger partial charge in [0.05, 0.1) is 6.61 Å². The molecule has 18 heavy (non-hydrogen) atoms. The molecule has 3 unspecified atom stereocenters. The van der Waals surface area contributed by atoms with Crippen LogP contribution in [0.25, 0.3) is 0 Å². The second-order valence-corrected chi connectivity index (χ2v) is 5.75. The highest BCUT2D eigenvalue weighted by Gasteiger charge is 2.32. The van der Waals surface area contributed by atoms with E-state index < -0.39 is 5.54 Å². The summed E-state index contributed by atoms with van der Waals surface area (Å²) in [5.74, 6) is -0.290. The molecule has 106 valence electrons. The number of rotatable bonds is 5. The van der Waals surface area contributed by atoms with Crippen molar-refractivity contribution in [2.75, 3.05) is 13.2 Å². The van der Waals surface area contributed by atoms with Crippen LogP contribution in [0.4, 0.5) is 0 Å². The van der Waals surface area contributed by atoms with Crippen LogP contribution in [0.1, 0.15) is 53.4 Å². The van der Waals surface area contributed by atoms with Crippen molar-refractivity contribution in [3.63, 3.8) is 0 Å². The Bertz CT molecular complexity index is 269. The van der Waals surface area contributed by atoms with Crippen LogP contribution in [0.3, 0.4) is 0 Å². The number of likely N-dealkylation sites (tertiary alicyclic amines) is 1. The fourth-order valence-corrected chi connectivity index (χ4v) is 2.67. The normalized spacial score (nSPS) is 28.7. The molecule has 0 bridgehead atoms. The van der Waals surface area contributed by atoms with Crippen LogP contribution in [-0.2, 0) is 9.53 Å². The van der Waals surface area contributed by atoms with Gasteiger partial charge in [-0.2, -0.15) is 0 Å². The molecule has 0 spiro atoms. The maximum absolute atomic E-state index is 11.7. The molecule has 4 heteroatoms. The molecule has 1 aliphatic rings. The molecule has 4 nitrogen and oxygen atoms in total. The van der Waals surface area contributed by atoms with Crippen LogP contribution in [-0.4, -0.2) is 41.6 Å².